The third kappa shape index (κ3) is 2.95. The van der Waals surface area contributed by atoms with Crippen LogP contribution in [0.4, 0.5) is 22.0 Å². The third-order valence-corrected chi connectivity index (χ3v) is 3.45. The predicted octanol–water partition coefficient (Wildman–Crippen LogP) is 2.95. The van der Waals surface area contributed by atoms with Gasteiger partial charge in [-0.2, -0.15) is 19.9 Å². The van der Waals surface area contributed by atoms with Crippen molar-refractivity contribution in [2.75, 3.05) is 11.1 Å². The number of nitrogens with one attached hydrogen (secondary N) is 1. The zero-order valence-electron chi connectivity index (χ0n) is 13.5. The fourth-order valence-electron chi connectivity index (χ4n) is 2.23. The quantitative estimate of drug-likeness (QED) is 0.568. The van der Waals surface area contributed by atoms with E-state index in [2.05, 4.69) is 30.4 Å². The van der Waals surface area contributed by atoms with Gasteiger partial charge in [-0.3, -0.25) is 0 Å². The van der Waals surface area contributed by atoms with E-state index in [1.165, 1.54) is 6.26 Å². The monoisotopic (exact) mass is 353 g/mol. The molecule has 0 aliphatic rings. The zero-order chi connectivity index (χ0) is 18.1. The molecular weight excluding hydrogens is 341 g/mol. The van der Waals surface area contributed by atoms with E-state index >= 15 is 0 Å². The van der Waals surface area contributed by atoms with Crippen LogP contribution < -0.4 is 11.1 Å². The molecule has 0 fully saturated rings. The van der Waals surface area contributed by atoms with Crippen molar-refractivity contribution < 1.29 is 13.3 Å². The summed E-state index contributed by atoms with van der Waals surface area (Å²) in [5.74, 6) is 0.325. The Morgan fingerprint density at radius 1 is 1.04 bits per heavy atom. The minimum atomic E-state index is -0.410. The molecule has 0 radical (unpaired) electrons. The summed E-state index contributed by atoms with van der Waals surface area (Å²) >= 11 is 0. The van der Waals surface area contributed by atoms with E-state index in [0.29, 0.717) is 11.3 Å². The summed E-state index contributed by atoms with van der Waals surface area (Å²) in [4.78, 5) is 16.3. The largest absolute Gasteiger partial charge is 0.459 e. The van der Waals surface area contributed by atoms with Gasteiger partial charge in [0.05, 0.1) is 12.0 Å². The maximum absolute atomic E-state index is 14.2. The fourth-order valence-corrected chi connectivity index (χ4v) is 2.23. The van der Waals surface area contributed by atoms with Crippen LogP contribution in [-0.4, -0.2) is 25.1 Å². The lowest BCUT2D eigenvalue weighted by Crippen LogP contribution is -2.06. The van der Waals surface area contributed by atoms with Crippen molar-refractivity contribution in [1.29, 1.82) is 0 Å². The number of anilines is 3. The molecule has 4 rings (SSSR count). The molecule has 4 aromatic rings. The molecule has 10 heteroatoms. The first-order valence-corrected chi connectivity index (χ1v) is 7.52. The SMILES string of the molecule is Cc1cccc(Nc2nc(N)nc(-c3noc(-c4ccco4)n3)n2)c1F. The number of hydrogen-bond donors (Lipinski definition) is 2. The molecule has 0 unspecified atom stereocenters. The number of rotatable bonds is 4. The van der Waals surface area contributed by atoms with Crippen molar-refractivity contribution >= 4 is 17.6 Å². The van der Waals surface area contributed by atoms with Gasteiger partial charge in [-0.15, -0.1) is 0 Å². The fraction of sp³-hybridized carbons (Fsp3) is 0.0625. The van der Waals surface area contributed by atoms with E-state index in [4.69, 9.17) is 14.7 Å². The van der Waals surface area contributed by atoms with Crippen molar-refractivity contribution in [2.24, 2.45) is 0 Å². The highest BCUT2D eigenvalue weighted by Gasteiger charge is 2.17. The number of furan rings is 1. The maximum atomic E-state index is 14.2. The van der Waals surface area contributed by atoms with Crippen molar-refractivity contribution in [3.8, 4) is 23.3 Å². The smallest absolute Gasteiger partial charge is 0.294 e. The second-order valence-corrected chi connectivity index (χ2v) is 5.30. The van der Waals surface area contributed by atoms with Crippen LogP contribution in [0.5, 0.6) is 0 Å². The molecule has 0 spiro atoms. The second-order valence-electron chi connectivity index (χ2n) is 5.30. The van der Waals surface area contributed by atoms with Gasteiger partial charge in [-0.1, -0.05) is 17.3 Å². The van der Waals surface area contributed by atoms with Crippen LogP contribution in [0.15, 0.2) is 45.5 Å². The van der Waals surface area contributed by atoms with Gasteiger partial charge in [0, 0.05) is 0 Å². The van der Waals surface area contributed by atoms with Crippen LogP contribution in [0.3, 0.4) is 0 Å². The first-order chi connectivity index (χ1) is 12.6. The summed E-state index contributed by atoms with van der Waals surface area (Å²) in [6.07, 6.45) is 1.48. The highest BCUT2D eigenvalue weighted by atomic mass is 19.1. The Morgan fingerprint density at radius 2 is 1.92 bits per heavy atom. The molecule has 3 aromatic heterocycles. The Bertz CT molecular complexity index is 1060. The van der Waals surface area contributed by atoms with E-state index < -0.39 is 5.82 Å². The van der Waals surface area contributed by atoms with Gasteiger partial charge < -0.3 is 20.0 Å². The third-order valence-electron chi connectivity index (χ3n) is 3.45. The van der Waals surface area contributed by atoms with Crippen molar-refractivity contribution in [1.82, 2.24) is 25.1 Å². The van der Waals surface area contributed by atoms with Crippen LogP contribution in [0.2, 0.25) is 0 Å². The molecule has 0 bridgehead atoms. The average Bonchev–Trinajstić information content (AvgIpc) is 3.29. The average molecular weight is 353 g/mol. The Labute approximate surface area is 146 Å². The van der Waals surface area contributed by atoms with Gasteiger partial charge in [-0.05, 0) is 30.7 Å². The van der Waals surface area contributed by atoms with Gasteiger partial charge >= 0.3 is 0 Å². The first-order valence-electron chi connectivity index (χ1n) is 7.52. The van der Waals surface area contributed by atoms with E-state index in [1.54, 1.807) is 37.3 Å². The predicted molar refractivity (Wildman–Crippen MR) is 89.7 cm³/mol. The van der Waals surface area contributed by atoms with E-state index in [9.17, 15) is 4.39 Å². The van der Waals surface area contributed by atoms with Crippen molar-refractivity contribution in [3.05, 3.63) is 48.0 Å². The number of nitrogens with two attached hydrogens (primary N) is 1. The first kappa shape index (κ1) is 15.7. The number of nitrogens with zero attached hydrogens (tertiary/aromatic N) is 5. The Balaban J connectivity index is 1.67. The van der Waals surface area contributed by atoms with E-state index in [0.717, 1.165) is 0 Å². The minimum absolute atomic E-state index is 0.0568. The molecule has 9 nitrogen and oxygen atoms in total. The highest BCUT2D eigenvalue weighted by molar-refractivity contribution is 5.59. The molecule has 0 saturated carbocycles. The lowest BCUT2D eigenvalue weighted by Gasteiger charge is -2.08. The summed E-state index contributed by atoms with van der Waals surface area (Å²) in [5, 5.41) is 6.58. The van der Waals surface area contributed by atoms with Crippen molar-refractivity contribution in [2.45, 2.75) is 6.92 Å². The summed E-state index contributed by atoms with van der Waals surface area (Å²) in [7, 11) is 0. The molecule has 0 saturated heterocycles. The van der Waals surface area contributed by atoms with Gasteiger partial charge in [0.15, 0.2) is 5.76 Å². The lowest BCUT2D eigenvalue weighted by molar-refractivity contribution is 0.416. The molecule has 130 valence electrons. The molecule has 3 heterocycles. The van der Waals surface area contributed by atoms with Gasteiger partial charge in [-0.25, -0.2) is 4.39 Å². The van der Waals surface area contributed by atoms with E-state index in [1.807, 2.05) is 0 Å². The topological polar surface area (TPSA) is 129 Å². The van der Waals surface area contributed by atoms with Gasteiger partial charge in [0.2, 0.25) is 23.5 Å². The summed E-state index contributed by atoms with van der Waals surface area (Å²) in [6, 6.07) is 8.29. The molecule has 3 N–H and O–H groups in total. The molecule has 0 aliphatic carbocycles. The van der Waals surface area contributed by atoms with E-state index in [-0.39, 0.29) is 35.1 Å². The van der Waals surface area contributed by atoms with Crippen LogP contribution in [0, 0.1) is 12.7 Å². The number of aryl methyl sites for hydroxylation is 1. The number of nitrogen functional groups attached to an aromatic ring is 1. The number of halogens is 1. The molecule has 1 aromatic carbocycles. The Morgan fingerprint density at radius 3 is 2.73 bits per heavy atom. The number of aromatic nitrogens is 5. The summed E-state index contributed by atoms with van der Waals surface area (Å²) in [5.41, 5.74) is 6.42. The van der Waals surface area contributed by atoms with Gasteiger partial charge in [0.1, 0.15) is 5.82 Å². The molecule has 0 atom stereocenters. The molecule has 0 amide bonds. The zero-order valence-corrected chi connectivity index (χ0v) is 13.5. The van der Waals surface area contributed by atoms with Crippen LogP contribution in [0.25, 0.3) is 23.3 Å². The van der Waals surface area contributed by atoms with Crippen LogP contribution in [0.1, 0.15) is 5.56 Å². The molecule has 26 heavy (non-hydrogen) atoms. The minimum Gasteiger partial charge on any atom is -0.459 e. The summed E-state index contributed by atoms with van der Waals surface area (Å²) in [6.45, 7) is 1.66. The summed E-state index contributed by atoms with van der Waals surface area (Å²) < 4.78 is 24.5. The van der Waals surface area contributed by atoms with Crippen molar-refractivity contribution in [3.63, 3.8) is 0 Å². The molecule has 0 aliphatic heterocycles. The highest BCUT2D eigenvalue weighted by Crippen LogP contribution is 2.23. The molecular formula is C16H12FN7O2. The second kappa shape index (κ2) is 6.24. The van der Waals surface area contributed by atoms with Crippen LogP contribution >= 0.6 is 0 Å². The Hall–Kier alpha value is -3.82. The van der Waals surface area contributed by atoms with Gasteiger partial charge in [0.25, 0.3) is 5.89 Å². The standard InChI is InChI=1S/C16H12FN7O2/c1-8-4-2-5-9(11(8)17)19-16-22-12(21-15(18)23-16)13-20-14(26-24-13)10-6-3-7-25-10/h2-7H,1H3,(H3,18,19,21,22,23). The normalized spacial score (nSPS) is 10.8. The van der Waals surface area contributed by atoms with Crippen LogP contribution in [-0.2, 0) is 0 Å². The number of hydrogen-bond acceptors (Lipinski definition) is 9. The number of benzene rings is 1. The lowest BCUT2D eigenvalue weighted by atomic mass is 10.2. The Kier molecular flexibility index (Phi) is 3.77. The maximum Gasteiger partial charge on any atom is 0.294 e.